The average molecular weight is 311 g/mol. The van der Waals surface area contributed by atoms with Crippen LogP contribution in [0.2, 0.25) is 5.02 Å². The maximum atomic E-state index is 10.9. The molecule has 0 radical (unpaired) electrons. The molecule has 0 saturated carbocycles. The van der Waals surface area contributed by atoms with E-state index in [0.717, 1.165) is 18.2 Å². The fourth-order valence-corrected chi connectivity index (χ4v) is 1.65. The molecule has 1 aromatic carbocycles. The molecule has 2 aromatic rings. The van der Waals surface area contributed by atoms with Crippen molar-refractivity contribution < 1.29 is 14.6 Å². The molecule has 9 nitrogen and oxygen atoms in total. The minimum Gasteiger partial charge on any atom is -0.426 e. The summed E-state index contributed by atoms with van der Waals surface area (Å²) in [5.74, 6) is -0.751. The second kappa shape index (κ2) is 5.59. The number of nitrogen functional groups attached to an aromatic ring is 1. The second-order valence-electron chi connectivity index (χ2n) is 3.79. The van der Waals surface area contributed by atoms with Gasteiger partial charge in [0.15, 0.2) is 0 Å². The smallest absolute Gasteiger partial charge is 0.331 e. The first kappa shape index (κ1) is 14.5. The molecule has 1 aromatic heterocycles. The van der Waals surface area contributed by atoms with E-state index >= 15 is 0 Å². The van der Waals surface area contributed by atoms with Gasteiger partial charge in [0.25, 0.3) is 0 Å². The lowest BCUT2D eigenvalue weighted by molar-refractivity contribution is -0.387. The quantitative estimate of drug-likeness (QED) is 0.677. The first-order valence-electron chi connectivity index (χ1n) is 5.41. The van der Waals surface area contributed by atoms with Crippen LogP contribution >= 0.6 is 11.6 Å². The number of benzene rings is 1. The molecule has 0 aliphatic heterocycles. The molecular formula is C11H7ClN4O5. The van der Waals surface area contributed by atoms with Crippen molar-refractivity contribution in [3.05, 3.63) is 55.6 Å². The van der Waals surface area contributed by atoms with Gasteiger partial charge in [-0.15, -0.1) is 0 Å². The van der Waals surface area contributed by atoms with Gasteiger partial charge in [-0.25, -0.2) is 0 Å². The summed E-state index contributed by atoms with van der Waals surface area (Å²) in [7, 11) is 0. The van der Waals surface area contributed by atoms with E-state index < -0.39 is 27.1 Å². The molecule has 2 N–H and O–H groups in total. The average Bonchev–Trinajstić information content (AvgIpc) is 2.38. The summed E-state index contributed by atoms with van der Waals surface area (Å²) in [6.07, 6.45) is 0. The van der Waals surface area contributed by atoms with E-state index in [1.165, 1.54) is 12.1 Å². The van der Waals surface area contributed by atoms with Gasteiger partial charge in [-0.05, 0) is 12.1 Å². The molecule has 0 amide bonds. The first-order valence-corrected chi connectivity index (χ1v) is 5.79. The van der Waals surface area contributed by atoms with Crippen molar-refractivity contribution in [1.82, 2.24) is 4.98 Å². The zero-order valence-corrected chi connectivity index (χ0v) is 11.0. The number of anilines is 1. The maximum absolute atomic E-state index is 10.9. The maximum Gasteiger partial charge on any atom is 0.331 e. The minimum atomic E-state index is -0.738. The predicted octanol–water partition coefficient (Wildman–Crippen LogP) is 2.93. The third-order valence-corrected chi connectivity index (χ3v) is 2.62. The highest BCUT2D eigenvalue weighted by molar-refractivity contribution is 6.30. The zero-order chi connectivity index (χ0) is 15.6. The van der Waals surface area contributed by atoms with Crippen LogP contribution in [-0.2, 0) is 0 Å². The van der Waals surface area contributed by atoms with E-state index in [1.807, 2.05) is 0 Å². The fraction of sp³-hybridized carbons (Fsp3) is 0. The largest absolute Gasteiger partial charge is 0.426 e. The summed E-state index contributed by atoms with van der Waals surface area (Å²) < 4.78 is 5.17. The lowest BCUT2D eigenvalue weighted by Gasteiger charge is -2.06. The van der Waals surface area contributed by atoms with E-state index in [2.05, 4.69) is 4.98 Å². The van der Waals surface area contributed by atoms with Crippen LogP contribution < -0.4 is 10.5 Å². The molecule has 0 bridgehead atoms. The topological polar surface area (TPSA) is 134 Å². The van der Waals surface area contributed by atoms with Crippen molar-refractivity contribution in [1.29, 1.82) is 0 Å². The Labute approximate surface area is 122 Å². The molecule has 2 rings (SSSR count). The molecule has 21 heavy (non-hydrogen) atoms. The van der Waals surface area contributed by atoms with Crippen molar-refractivity contribution in [3.63, 3.8) is 0 Å². The summed E-state index contributed by atoms with van der Waals surface area (Å²) in [4.78, 5) is 24.0. The number of ether oxygens (including phenoxy) is 1. The standard InChI is InChI=1S/C11H7ClN4O5/c12-6-1-2-7(15(17)18)9(5-6)21-11-8(16(19)20)3-4-10(13)14-11/h1-5H,(H2,13,14). The highest BCUT2D eigenvalue weighted by atomic mass is 35.5. The fourth-order valence-electron chi connectivity index (χ4n) is 1.49. The molecule has 108 valence electrons. The molecule has 0 unspecified atom stereocenters. The molecule has 0 saturated heterocycles. The minimum absolute atomic E-state index is 0.0275. The molecule has 0 atom stereocenters. The Kier molecular flexibility index (Phi) is 3.85. The van der Waals surface area contributed by atoms with E-state index in [9.17, 15) is 20.2 Å². The first-order chi connectivity index (χ1) is 9.88. The Hall–Kier alpha value is -2.94. The van der Waals surface area contributed by atoms with Gasteiger partial charge in [-0.2, -0.15) is 4.98 Å². The predicted molar refractivity (Wildman–Crippen MR) is 73.5 cm³/mol. The number of rotatable bonds is 4. The number of nitro benzene ring substituents is 1. The SMILES string of the molecule is Nc1ccc([N+](=O)[O-])c(Oc2cc(Cl)ccc2[N+](=O)[O-])n1. The number of hydrogen-bond acceptors (Lipinski definition) is 7. The Bertz CT molecular complexity index is 675. The van der Waals surface area contributed by atoms with Crippen LogP contribution in [0.5, 0.6) is 11.6 Å². The summed E-state index contributed by atoms with van der Waals surface area (Å²) >= 11 is 5.74. The van der Waals surface area contributed by atoms with Crippen molar-refractivity contribution in [3.8, 4) is 11.6 Å². The van der Waals surface area contributed by atoms with Gasteiger partial charge in [0.1, 0.15) is 5.82 Å². The number of halogens is 1. The Morgan fingerprint density at radius 1 is 1.10 bits per heavy atom. The Balaban J connectivity index is 2.52. The van der Waals surface area contributed by atoms with Gasteiger partial charge < -0.3 is 10.5 Å². The number of nitrogens with zero attached hydrogens (tertiary/aromatic N) is 3. The van der Waals surface area contributed by atoms with Crippen molar-refractivity contribution in [2.45, 2.75) is 0 Å². The Morgan fingerprint density at radius 3 is 2.33 bits per heavy atom. The highest BCUT2D eigenvalue weighted by Crippen LogP contribution is 2.36. The summed E-state index contributed by atoms with van der Waals surface area (Å²) in [6.45, 7) is 0. The number of nitrogens with two attached hydrogens (primary N) is 1. The molecule has 0 spiro atoms. The van der Waals surface area contributed by atoms with Crippen LogP contribution in [0, 0.1) is 20.2 Å². The summed E-state index contributed by atoms with van der Waals surface area (Å²) in [5.41, 5.74) is 4.56. The van der Waals surface area contributed by atoms with Gasteiger partial charge in [0.05, 0.1) is 9.85 Å². The van der Waals surface area contributed by atoms with Gasteiger partial charge in [-0.3, -0.25) is 20.2 Å². The third kappa shape index (κ3) is 3.15. The van der Waals surface area contributed by atoms with Crippen molar-refractivity contribution >= 4 is 28.8 Å². The Morgan fingerprint density at radius 2 is 1.71 bits per heavy atom. The van der Waals surface area contributed by atoms with Gasteiger partial charge in [0, 0.05) is 23.2 Å². The van der Waals surface area contributed by atoms with E-state index in [4.69, 9.17) is 22.1 Å². The molecule has 0 fully saturated rings. The normalized spacial score (nSPS) is 10.1. The second-order valence-corrected chi connectivity index (χ2v) is 4.23. The van der Waals surface area contributed by atoms with Crippen molar-refractivity contribution in [2.75, 3.05) is 5.73 Å². The van der Waals surface area contributed by atoms with E-state index in [-0.39, 0.29) is 16.6 Å². The van der Waals surface area contributed by atoms with Crippen LogP contribution in [-0.4, -0.2) is 14.8 Å². The van der Waals surface area contributed by atoms with Gasteiger partial charge in [-0.1, -0.05) is 11.6 Å². The van der Waals surface area contributed by atoms with E-state index in [0.29, 0.717) is 0 Å². The van der Waals surface area contributed by atoms with E-state index in [1.54, 1.807) is 0 Å². The summed E-state index contributed by atoms with van der Waals surface area (Å²) in [5, 5.41) is 22.0. The van der Waals surface area contributed by atoms with Crippen LogP contribution in [0.3, 0.4) is 0 Å². The lowest BCUT2D eigenvalue weighted by atomic mass is 10.3. The molecule has 10 heteroatoms. The number of aromatic nitrogens is 1. The zero-order valence-electron chi connectivity index (χ0n) is 10.2. The van der Waals surface area contributed by atoms with Crippen LogP contribution in [0.25, 0.3) is 0 Å². The van der Waals surface area contributed by atoms with Gasteiger partial charge >= 0.3 is 17.3 Å². The molecule has 0 aliphatic carbocycles. The molecular weight excluding hydrogens is 304 g/mol. The third-order valence-electron chi connectivity index (χ3n) is 2.38. The number of nitro groups is 2. The monoisotopic (exact) mass is 310 g/mol. The molecule has 1 heterocycles. The van der Waals surface area contributed by atoms with Crippen LogP contribution in [0.4, 0.5) is 17.2 Å². The lowest BCUT2D eigenvalue weighted by Crippen LogP contribution is -2.00. The highest BCUT2D eigenvalue weighted by Gasteiger charge is 2.22. The van der Waals surface area contributed by atoms with Crippen LogP contribution in [0.15, 0.2) is 30.3 Å². The number of pyridine rings is 1. The molecule has 0 aliphatic rings. The van der Waals surface area contributed by atoms with Crippen LogP contribution in [0.1, 0.15) is 0 Å². The number of hydrogen-bond donors (Lipinski definition) is 1. The summed E-state index contributed by atoms with van der Waals surface area (Å²) in [6, 6.07) is 5.89. The van der Waals surface area contributed by atoms with Gasteiger partial charge in [0.2, 0.25) is 5.75 Å². The van der Waals surface area contributed by atoms with Crippen molar-refractivity contribution in [2.24, 2.45) is 0 Å².